The highest BCUT2D eigenvalue weighted by Gasteiger charge is 2.22. The first kappa shape index (κ1) is 15.8. The summed E-state index contributed by atoms with van der Waals surface area (Å²) in [6.45, 7) is 3.46. The maximum Gasteiger partial charge on any atom is 0.260 e. The van der Waals surface area contributed by atoms with Crippen LogP contribution < -0.4 is 15.8 Å². The number of benzene rings is 1. The highest BCUT2D eigenvalue weighted by Crippen LogP contribution is 2.26. The number of amides is 1. The van der Waals surface area contributed by atoms with Crippen molar-refractivity contribution >= 4 is 5.91 Å². The first-order valence-electron chi connectivity index (χ1n) is 7.49. The first-order chi connectivity index (χ1) is 9.97. The quantitative estimate of drug-likeness (QED) is 0.877. The lowest BCUT2D eigenvalue weighted by Crippen LogP contribution is -2.41. The van der Waals surface area contributed by atoms with Gasteiger partial charge in [-0.05, 0) is 32.8 Å². The van der Waals surface area contributed by atoms with Crippen LogP contribution in [0.4, 0.5) is 4.39 Å². The van der Waals surface area contributed by atoms with E-state index in [1.54, 1.807) is 19.9 Å². The minimum atomic E-state index is -0.676. The van der Waals surface area contributed by atoms with Gasteiger partial charge in [-0.15, -0.1) is 0 Å². The largest absolute Gasteiger partial charge is 0.480 e. The predicted octanol–water partition coefficient (Wildman–Crippen LogP) is 2.67. The van der Waals surface area contributed by atoms with E-state index in [2.05, 4.69) is 5.32 Å². The molecule has 2 atom stereocenters. The number of rotatable bonds is 5. The van der Waals surface area contributed by atoms with Crippen molar-refractivity contribution in [2.75, 3.05) is 0 Å². The second-order valence-electron chi connectivity index (χ2n) is 5.72. The summed E-state index contributed by atoms with van der Waals surface area (Å²) in [6.07, 6.45) is 3.66. The van der Waals surface area contributed by atoms with Gasteiger partial charge in [0, 0.05) is 23.7 Å². The molecule has 1 aromatic carbocycles. The Morgan fingerprint density at radius 2 is 2.05 bits per heavy atom. The van der Waals surface area contributed by atoms with Crippen molar-refractivity contribution in [3.05, 3.63) is 29.6 Å². The van der Waals surface area contributed by atoms with Crippen molar-refractivity contribution in [1.82, 2.24) is 5.32 Å². The zero-order valence-electron chi connectivity index (χ0n) is 12.6. The van der Waals surface area contributed by atoms with Crippen LogP contribution in [0.25, 0.3) is 0 Å². The molecule has 1 amide bonds. The number of hydrogen-bond acceptors (Lipinski definition) is 3. The Bertz CT molecular complexity index is 499. The van der Waals surface area contributed by atoms with Crippen LogP contribution in [0, 0.1) is 5.82 Å². The Morgan fingerprint density at radius 3 is 2.67 bits per heavy atom. The van der Waals surface area contributed by atoms with E-state index in [0.717, 1.165) is 25.7 Å². The topological polar surface area (TPSA) is 64.3 Å². The van der Waals surface area contributed by atoms with Crippen LogP contribution in [0.3, 0.4) is 0 Å². The lowest BCUT2D eigenvalue weighted by molar-refractivity contribution is -0.128. The summed E-state index contributed by atoms with van der Waals surface area (Å²) in [4.78, 5) is 12.1. The lowest BCUT2D eigenvalue weighted by atomic mass is 10.1. The molecule has 0 saturated heterocycles. The fourth-order valence-corrected chi connectivity index (χ4v) is 2.62. The van der Waals surface area contributed by atoms with Gasteiger partial charge < -0.3 is 15.8 Å². The van der Waals surface area contributed by atoms with Crippen molar-refractivity contribution in [1.29, 1.82) is 0 Å². The second kappa shape index (κ2) is 6.89. The molecule has 4 nitrogen and oxygen atoms in total. The molecule has 0 spiro atoms. The summed E-state index contributed by atoms with van der Waals surface area (Å²) >= 11 is 0. The molecule has 1 aromatic rings. The summed E-state index contributed by atoms with van der Waals surface area (Å²) in [5.74, 6) is -0.237. The van der Waals surface area contributed by atoms with Gasteiger partial charge in [0.25, 0.3) is 5.91 Å². The molecule has 5 heteroatoms. The average Bonchev–Trinajstić information content (AvgIpc) is 2.91. The molecule has 1 aliphatic rings. The standard InChI is InChI=1S/C16H23FN2O2/c1-10(18)14-8-7-12(17)9-15(14)21-11(2)16(20)19-13-5-3-4-6-13/h7-11,13H,3-6,18H2,1-2H3,(H,19,20)/t10-,11?/m0/s1. The summed E-state index contributed by atoms with van der Waals surface area (Å²) in [6, 6.07) is 4.17. The van der Waals surface area contributed by atoms with Gasteiger partial charge in [-0.3, -0.25) is 4.79 Å². The third-order valence-electron chi connectivity index (χ3n) is 3.84. The fraction of sp³-hybridized carbons (Fsp3) is 0.562. The van der Waals surface area contributed by atoms with E-state index in [9.17, 15) is 9.18 Å². The molecule has 1 unspecified atom stereocenters. The minimum Gasteiger partial charge on any atom is -0.480 e. The van der Waals surface area contributed by atoms with Gasteiger partial charge in [0.2, 0.25) is 0 Å². The normalized spacial score (nSPS) is 18.3. The molecule has 1 fully saturated rings. The van der Waals surface area contributed by atoms with Gasteiger partial charge in [-0.2, -0.15) is 0 Å². The van der Waals surface area contributed by atoms with Crippen LogP contribution in [-0.2, 0) is 4.79 Å². The molecule has 0 aliphatic heterocycles. The number of carbonyl (C=O) groups is 1. The number of hydrogen-bond donors (Lipinski definition) is 2. The molecule has 21 heavy (non-hydrogen) atoms. The van der Waals surface area contributed by atoms with Gasteiger partial charge >= 0.3 is 0 Å². The fourth-order valence-electron chi connectivity index (χ4n) is 2.62. The number of carbonyl (C=O) groups excluding carboxylic acids is 1. The SMILES string of the molecule is CC(Oc1cc(F)ccc1[C@H](C)N)C(=O)NC1CCCC1. The number of halogens is 1. The third kappa shape index (κ3) is 4.17. The summed E-state index contributed by atoms with van der Waals surface area (Å²) < 4.78 is 19.0. The zero-order chi connectivity index (χ0) is 15.4. The molecular weight excluding hydrogens is 271 g/mol. The molecule has 0 radical (unpaired) electrons. The van der Waals surface area contributed by atoms with Crippen molar-refractivity contribution in [2.24, 2.45) is 5.73 Å². The number of nitrogens with one attached hydrogen (secondary N) is 1. The Labute approximate surface area is 124 Å². The average molecular weight is 294 g/mol. The van der Waals surface area contributed by atoms with Crippen molar-refractivity contribution < 1.29 is 13.9 Å². The molecule has 3 N–H and O–H groups in total. The van der Waals surface area contributed by atoms with Crippen molar-refractivity contribution in [3.8, 4) is 5.75 Å². The van der Waals surface area contributed by atoms with Gasteiger partial charge in [-0.25, -0.2) is 4.39 Å². The monoisotopic (exact) mass is 294 g/mol. The van der Waals surface area contributed by atoms with Crippen LogP contribution in [-0.4, -0.2) is 18.1 Å². The van der Waals surface area contributed by atoms with Crippen molar-refractivity contribution in [3.63, 3.8) is 0 Å². The third-order valence-corrected chi connectivity index (χ3v) is 3.84. The van der Waals surface area contributed by atoms with Gasteiger partial charge in [-0.1, -0.05) is 18.9 Å². The molecule has 1 aliphatic carbocycles. The Kier molecular flexibility index (Phi) is 5.17. The zero-order valence-corrected chi connectivity index (χ0v) is 12.6. The van der Waals surface area contributed by atoms with E-state index in [-0.39, 0.29) is 18.0 Å². The number of nitrogens with two attached hydrogens (primary N) is 1. The number of ether oxygens (including phenoxy) is 1. The second-order valence-corrected chi connectivity index (χ2v) is 5.72. The summed E-state index contributed by atoms with van der Waals surface area (Å²) in [5.41, 5.74) is 6.54. The highest BCUT2D eigenvalue weighted by atomic mass is 19.1. The predicted molar refractivity (Wildman–Crippen MR) is 79.5 cm³/mol. The maximum absolute atomic E-state index is 13.4. The van der Waals surface area contributed by atoms with Crippen LogP contribution in [0.15, 0.2) is 18.2 Å². The lowest BCUT2D eigenvalue weighted by Gasteiger charge is -2.20. The van der Waals surface area contributed by atoms with Crippen LogP contribution in [0.1, 0.15) is 51.1 Å². The first-order valence-corrected chi connectivity index (χ1v) is 7.49. The summed E-state index contributed by atoms with van der Waals surface area (Å²) in [5, 5.41) is 2.97. The van der Waals surface area contributed by atoms with E-state index >= 15 is 0 Å². The van der Waals surface area contributed by atoms with E-state index in [4.69, 9.17) is 10.5 Å². The molecule has 0 heterocycles. The molecular formula is C16H23FN2O2. The van der Waals surface area contributed by atoms with E-state index in [1.807, 2.05) is 0 Å². The van der Waals surface area contributed by atoms with Crippen LogP contribution in [0.2, 0.25) is 0 Å². The molecule has 2 rings (SSSR count). The van der Waals surface area contributed by atoms with Gasteiger partial charge in [0.15, 0.2) is 6.10 Å². The molecule has 0 bridgehead atoms. The molecule has 116 valence electrons. The highest BCUT2D eigenvalue weighted by molar-refractivity contribution is 5.81. The smallest absolute Gasteiger partial charge is 0.260 e. The van der Waals surface area contributed by atoms with Crippen molar-refractivity contribution in [2.45, 2.75) is 57.7 Å². The molecule has 0 aromatic heterocycles. The van der Waals surface area contributed by atoms with Crippen LogP contribution >= 0.6 is 0 Å². The van der Waals surface area contributed by atoms with Gasteiger partial charge in [0.1, 0.15) is 11.6 Å². The Morgan fingerprint density at radius 1 is 1.38 bits per heavy atom. The van der Waals surface area contributed by atoms with E-state index < -0.39 is 11.9 Å². The van der Waals surface area contributed by atoms with Gasteiger partial charge in [0.05, 0.1) is 0 Å². The van der Waals surface area contributed by atoms with Crippen LogP contribution in [0.5, 0.6) is 5.75 Å². The van der Waals surface area contributed by atoms with E-state index in [1.165, 1.54) is 12.1 Å². The maximum atomic E-state index is 13.4. The van der Waals surface area contributed by atoms with E-state index in [0.29, 0.717) is 11.3 Å². The minimum absolute atomic E-state index is 0.165. The summed E-state index contributed by atoms with van der Waals surface area (Å²) in [7, 11) is 0. The Hall–Kier alpha value is -1.62. The molecule has 1 saturated carbocycles. The Balaban J connectivity index is 2.02.